The highest BCUT2D eigenvalue weighted by Crippen LogP contribution is 2.20. The molecule has 3 rings (SSSR count). The number of rotatable bonds is 5. The van der Waals surface area contributed by atoms with E-state index in [1.807, 2.05) is 0 Å². The van der Waals surface area contributed by atoms with Crippen LogP contribution in [-0.4, -0.2) is 23.4 Å². The lowest BCUT2D eigenvalue weighted by Crippen LogP contribution is -2.30. The summed E-state index contributed by atoms with van der Waals surface area (Å²) >= 11 is 0. The molecule has 6 heteroatoms. The van der Waals surface area contributed by atoms with Crippen molar-refractivity contribution in [3.05, 3.63) is 95.6 Å². The molecule has 144 valence electrons. The highest BCUT2D eigenvalue weighted by atomic mass is 16.2. The average molecular weight is 386 g/mol. The van der Waals surface area contributed by atoms with Crippen LogP contribution in [0.5, 0.6) is 0 Å². The smallest absolute Gasteiger partial charge is 0.314 e. The summed E-state index contributed by atoms with van der Waals surface area (Å²) in [6.07, 6.45) is 0. The molecule has 0 aliphatic heterocycles. The van der Waals surface area contributed by atoms with Crippen molar-refractivity contribution in [2.75, 3.05) is 10.6 Å². The zero-order chi connectivity index (χ0) is 20.8. The Hall–Kier alpha value is -4.06. The standard InChI is InChI=1S/C23H18N2O4/c1-15(26)17-11-5-7-13-19(17)24-22(28)23(29)25-20-14-8-6-12-18(20)21(27)16-9-3-2-4-10-16/h2-14H,1H3,(H,24,28)(H,25,29). The van der Waals surface area contributed by atoms with Crippen molar-refractivity contribution in [3.8, 4) is 0 Å². The normalized spacial score (nSPS) is 10.1. The molecule has 2 amide bonds. The predicted octanol–water partition coefficient (Wildman–Crippen LogP) is 3.70. The van der Waals surface area contributed by atoms with Gasteiger partial charge in [0, 0.05) is 16.7 Å². The van der Waals surface area contributed by atoms with Gasteiger partial charge in [-0.15, -0.1) is 0 Å². The summed E-state index contributed by atoms with van der Waals surface area (Å²) in [5.74, 6) is -2.40. The van der Waals surface area contributed by atoms with Gasteiger partial charge >= 0.3 is 11.8 Å². The van der Waals surface area contributed by atoms with Gasteiger partial charge in [0.2, 0.25) is 0 Å². The number of amides is 2. The van der Waals surface area contributed by atoms with E-state index in [1.165, 1.54) is 13.0 Å². The highest BCUT2D eigenvalue weighted by Gasteiger charge is 2.20. The van der Waals surface area contributed by atoms with Crippen LogP contribution in [0.1, 0.15) is 33.2 Å². The molecule has 0 aromatic heterocycles. The number of ketones is 2. The fraction of sp³-hybridized carbons (Fsp3) is 0.0435. The Morgan fingerprint density at radius 2 is 1.03 bits per heavy atom. The molecule has 0 spiro atoms. The molecule has 0 bridgehead atoms. The SMILES string of the molecule is CC(=O)c1ccccc1NC(=O)C(=O)Nc1ccccc1C(=O)c1ccccc1. The van der Waals surface area contributed by atoms with Crippen LogP contribution >= 0.6 is 0 Å². The first-order valence-electron chi connectivity index (χ1n) is 8.88. The summed E-state index contributed by atoms with van der Waals surface area (Å²) in [7, 11) is 0. The van der Waals surface area contributed by atoms with Gasteiger partial charge in [-0.2, -0.15) is 0 Å². The van der Waals surface area contributed by atoms with Gasteiger partial charge in [0.05, 0.1) is 11.4 Å². The summed E-state index contributed by atoms with van der Waals surface area (Å²) < 4.78 is 0. The molecule has 0 aliphatic rings. The fourth-order valence-corrected chi connectivity index (χ4v) is 2.79. The van der Waals surface area contributed by atoms with Gasteiger partial charge in [-0.05, 0) is 31.2 Å². The molecule has 0 saturated carbocycles. The zero-order valence-electron chi connectivity index (χ0n) is 15.6. The Kier molecular flexibility index (Phi) is 5.94. The highest BCUT2D eigenvalue weighted by molar-refractivity contribution is 6.44. The third-order valence-corrected chi connectivity index (χ3v) is 4.22. The van der Waals surface area contributed by atoms with Crippen molar-refractivity contribution in [1.82, 2.24) is 0 Å². The Morgan fingerprint density at radius 1 is 0.586 bits per heavy atom. The summed E-state index contributed by atoms with van der Waals surface area (Å²) in [5, 5.41) is 4.91. The van der Waals surface area contributed by atoms with Crippen LogP contribution in [0.4, 0.5) is 11.4 Å². The van der Waals surface area contributed by atoms with E-state index in [0.29, 0.717) is 11.1 Å². The maximum atomic E-state index is 12.7. The monoisotopic (exact) mass is 386 g/mol. The molecule has 0 heterocycles. The summed E-state index contributed by atoms with van der Waals surface area (Å²) in [6.45, 7) is 1.37. The second-order valence-corrected chi connectivity index (χ2v) is 6.25. The molecule has 0 atom stereocenters. The number of Topliss-reactive ketones (excluding diaryl/α,β-unsaturated/α-hetero) is 1. The second-order valence-electron chi connectivity index (χ2n) is 6.25. The number of anilines is 2. The number of benzene rings is 3. The molecule has 0 saturated heterocycles. The van der Waals surface area contributed by atoms with Crippen LogP contribution < -0.4 is 10.6 Å². The van der Waals surface area contributed by atoms with Gasteiger partial charge in [0.15, 0.2) is 11.6 Å². The van der Waals surface area contributed by atoms with Gasteiger partial charge in [-0.25, -0.2) is 0 Å². The zero-order valence-corrected chi connectivity index (χ0v) is 15.6. The molecule has 6 nitrogen and oxygen atoms in total. The van der Waals surface area contributed by atoms with Crippen molar-refractivity contribution in [3.63, 3.8) is 0 Å². The molecule has 0 fully saturated rings. The van der Waals surface area contributed by atoms with E-state index < -0.39 is 11.8 Å². The number of carbonyl (C=O) groups excluding carboxylic acids is 4. The number of nitrogens with one attached hydrogen (secondary N) is 2. The second kappa shape index (κ2) is 8.75. The van der Waals surface area contributed by atoms with Crippen LogP contribution in [0.25, 0.3) is 0 Å². The fourth-order valence-electron chi connectivity index (χ4n) is 2.79. The Balaban J connectivity index is 1.79. The van der Waals surface area contributed by atoms with Gasteiger partial charge in [-0.3, -0.25) is 19.2 Å². The predicted molar refractivity (Wildman–Crippen MR) is 110 cm³/mol. The van der Waals surface area contributed by atoms with Gasteiger partial charge < -0.3 is 10.6 Å². The largest absolute Gasteiger partial charge is 0.317 e. The molecule has 29 heavy (non-hydrogen) atoms. The lowest BCUT2D eigenvalue weighted by atomic mass is 10.0. The van der Waals surface area contributed by atoms with Crippen molar-refractivity contribution >= 4 is 34.8 Å². The van der Waals surface area contributed by atoms with E-state index in [-0.39, 0.29) is 28.5 Å². The molecular formula is C23H18N2O4. The van der Waals surface area contributed by atoms with Crippen LogP contribution in [0, 0.1) is 0 Å². The van der Waals surface area contributed by atoms with Crippen molar-refractivity contribution in [1.29, 1.82) is 0 Å². The Labute approximate surface area is 167 Å². The Morgan fingerprint density at radius 3 is 1.59 bits per heavy atom. The lowest BCUT2D eigenvalue weighted by Gasteiger charge is -2.12. The van der Waals surface area contributed by atoms with E-state index in [2.05, 4.69) is 10.6 Å². The minimum absolute atomic E-state index is 0.223. The van der Waals surface area contributed by atoms with E-state index in [0.717, 1.165) is 0 Å². The van der Waals surface area contributed by atoms with E-state index in [4.69, 9.17) is 0 Å². The molecule has 0 aliphatic carbocycles. The number of carbonyl (C=O) groups is 4. The summed E-state index contributed by atoms with van der Waals surface area (Å²) in [4.78, 5) is 49.1. The van der Waals surface area contributed by atoms with Crippen LogP contribution in [0.2, 0.25) is 0 Å². The maximum absolute atomic E-state index is 12.7. The topological polar surface area (TPSA) is 92.3 Å². The molecule has 3 aromatic carbocycles. The molecule has 2 N–H and O–H groups in total. The lowest BCUT2D eigenvalue weighted by molar-refractivity contribution is -0.133. The summed E-state index contributed by atoms with van der Waals surface area (Å²) in [5.41, 5.74) is 1.50. The average Bonchev–Trinajstić information content (AvgIpc) is 2.74. The van der Waals surface area contributed by atoms with E-state index in [9.17, 15) is 19.2 Å². The van der Waals surface area contributed by atoms with Crippen molar-refractivity contribution in [2.24, 2.45) is 0 Å². The van der Waals surface area contributed by atoms with Crippen LogP contribution in [0.15, 0.2) is 78.9 Å². The maximum Gasteiger partial charge on any atom is 0.314 e. The first-order valence-corrected chi connectivity index (χ1v) is 8.88. The number of hydrogen-bond donors (Lipinski definition) is 2. The minimum Gasteiger partial charge on any atom is -0.317 e. The third kappa shape index (κ3) is 4.62. The molecular weight excluding hydrogens is 368 g/mol. The van der Waals surface area contributed by atoms with Crippen molar-refractivity contribution < 1.29 is 19.2 Å². The molecule has 3 aromatic rings. The van der Waals surface area contributed by atoms with E-state index in [1.54, 1.807) is 72.8 Å². The van der Waals surface area contributed by atoms with Crippen LogP contribution in [0.3, 0.4) is 0 Å². The van der Waals surface area contributed by atoms with Gasteiger partial charge in [0.25, 0.3) is 0 Å². The van der Waals surface area contributed by atoms with E-state index >= 15 is 0 Å². The summed E-state index contributed by atoms with van der Waals surface area (Å²) in [6, 6.07) is 21.5. The number of para-hydroxylation sites is 2. The first-order chi connectivity index (χ1) is 14.0. The van der Waals surface area contributed by atoms with Gasteiger partial charge in [-0.1, -0.05) is 54.6 Å². The number of hydrogen-bond acceptors (Lipinski definition) is 4. The Bertz CT molecular complexity index is 1090. The molecule has 0 unspecified atom stereocenters. The van der Waals surface area contributed by atoms with Gasteiger partial charge in [0.1, 0.15) is 0 Å². The molecule has 0 radical (unpaired) electrons. The first kappa shape index (κ1) is 19.7. The van der Waals surface area contributed by atoms with Crippen LogP contribution in [-0.2, 0) is 9.59 Å². The third-order valence-electron chi connectivity index (χ3n) is 4.22. The van der Waals surface area contributed by atoms with Crippen molar-refractivity contribution in [2.45, 2.75) is 6.92 Å². The minimum atomic E-state index is -0.948. The quantitative estimate of drug-likeness (QED) is 0.517.